The molecule has 0 spiro atoms. The van der Waals surface area contributed by atoms with Gasteiger partial charge in [0.05, 0.1) is 23.3 Å². The van der Waals surface area contributed by atoms with Gasteiger partial charge in [0.2, 0.25) is 0 Å². The Kier molecular flexibility index (Phi) is 9.48. The third-order valence-electron chi connectivity index (χ3n) is 13.6. The molecule has 0 unspecified atom stereocenters. The van der Waals surface area contributed by atoms with Gasteiger partial charge in [-0.25, -0.2) is 9.97 Å². The third kappa shape index (κ3) is 5.86. The van der Waals surface area contributed by atoms with Crippen LogP contribution in [-0.2, 0) is 46.7 Å². The second-order valence-corrected chi connectivity index (χ2v) is 16.9. The van der Waals surface area contributed by atoms with E-state index in [4.69, 9.17) is 43.5 Å². The first-order valence-corrected chi connectivity index (χ1v) is 23.2. The Morgan fingerprint density at radius 2 is 0.682 bits per heavy atom. The van der Waals surface area contributed by atoms with Gasteiger partial charge in [-0.15, -0.1) is 0 Å². The second kappa shape index (κ2) is 15.6. The van der Waals surface area contributed by atoms with E-state index in [0.717, 1.165) is 108 Å². The summed E-state index contributed by atoms with van der Waals surface area (Å²) in [6, 6.07) is 43.1. The van der Waals surface area contributed by atoms with E-state index in [9.17, 15) is 0 Å². The number of benzene rings is 8. The van der Waals surface area contributed by atoms with E-state index in [1.807, 2.05) is 0 Å². The van der Waals surface area contributed by atoms with Crippen LogP contribution in [0.15, 0.2) is 121 Å². The predicted octanol–water partition coefficient (Wildman–Crippen LogP) is 12.9. The number of aromatic nitrogens is 8. The topological polar surface area (TPSA) is 123 Å². The molecule has 0 aliphatic carbocycles. The van der Waals surface area contributed by atoms with E-state index in [-0.39, 0.29) is 0 Å². The summed E-state index contributed by atoms with van der Waals surface area (Å²) in [5.41, 5.74) is 10.8. The quantitative estimate of drug-likeness (QED) is 0.170. The molecule has 10 heteroatoms. The summed E-state index contributed by atoms with van der Waals surface area (Å²) >= 11 is 1.06. The van der Waals surface area contributed by atoms with Gasteiger partial charge in [-0.3, -0.25) is 0 Å². The maximum absolute atomic E-state index is 8.19. The van der Waals surface area contributed by atoms with Gasteiger partial charge in [-0.2, -0.15) is 0 Å². The molecule has 2 aliphatic heterocycles. The zero-order chi connectivity index (χ0) is 44.8. The van der Waals surface area contributed by atoms with Crippen molar-refractivity contribution in [1.29, 1.82) is 0 Å². The summed E-state index contributed by atoms with van der Waals surface area (Å²) in [7, 11) is 0. The van der Waals surface area contributed by atoms with Crippen LogP contribution in [0.25, 0.3) is 133 Å². The molecular weight excluding hydrogens is 852 g/mol. The number of aryl methyl sites for hydroxylation is 4. The van der Waals surface area contributed by atoms with Crippen LogP contribution in [0.4, 0.5) is 0 Å². The Morgan fingerprint density at radius 3 is 1.05 bits per heavy atom. The van der Waals surface area contributed by atoms with Crippen molar-refractivity contribution in [1.82, 2.24) is 39.9 Å². The van der Waals surface area contributed by atoms with Crippen molar-refractivity contribution < 1.29 is 21.0 Å². The van der Waals surface area contributed by atoms with Gasteiger partial charge in [0.25, 0.3) is 0 Å². The molecule has 5 heterocycles. The molecule has 3 aromatic heterocycles. The molecule has 2 aliphatic rings. The van der Waals surface area contributed by atoms with Crippen LogP contribution in [0.1, 0.15) is 49.9 Å². The summed E-state index contributed by atoms with van der Waals surface area (Å²) in [5.74, 6) is 2.31. The van der Waals surface area contributed by atoms with Gasteiger partial charge >= 0.3 is 21.0 Å². The van der Waals surface area contributed by atoms with Crippen LogP contribution in [0.2, 0.25) is 0 Å². The van der Waals surface area contributed by atoms with Crippen LogP contribution in [-0.4, -0.2) is 29.9 Å². The predicted molar refractivity (Wildman–Crippen MR) is 262 cm³/mol. The van der Waals surface area contributed by atoms with Crippen LogP contribution in [0.5, 0.6) is 0 Å². The minimum absolute atomic E-state index is 0.571. The molecule has 8 aromatic carbocycles. The third-order valence-corrected chi connectivity index (χ3v) is 13.6. The Bertz CT molecular complexity index is 3800. The van der Waals surface area contributed by atoms with Gasteiger partial charge in [-0.1, -0.05) is 125 Å². The first kappa shape index (κ1) is 40.1. The molecule has 0 saturated heterocycles. The zero-order valence-corrected chi connectivity index (χ0v) is 38.2. The average Bonchev–Trinajstić information content (AvgIpc) is 4.09. The van der Waals surface area contributed by atoms with Gasteiger partial charge in [0, 0.05) is 44.8 Å². The van der Waals surface area contributed by atoms with E-state index >= 15 is 0 Å². The molecule has 9 nitrogen and oxygen atoms in total. The van der Waals surface area contributed by atoms with Crippen molar-refractivity contribution in [2.24, 2.45) is 0 Å². The first-order chi connectivity index (χ1) is 32.5. The molecule has 0 saturated carbocycles. The molecular formula is C56H40N8OV. The van der Waals surface area contributed by atoms with Crippen LogP contribution >= 0.6 is 0 Å². The summed E-state index contributed by atoms with van der Waals surface area (Å²) in [6.45, 7) is 8.81. The average molecular weight is 892 g/mol. The van der Waals surface area contributed by atoms with Crippen molar-refractivity contribution in [2.45, 2.75) is 53.4 Å². The number of rotatable bonds is 4. The molecule has 66 heavy (non-hydrogen) atoms. The van der Waals surface area contributed by atoms with Crippen LogP contribution in [0, 0.1) is 0 Å². The Hall–Kier alpha value is -7.46. The van der Waals surface area contributed by atoms with E-state index in [0.29, 0.717) is 45.9 Å². The molecule has 0 fully saturated rings. The van der Waals surface area contributed by atoms with Gasteiger partial charge in [0.15, 0.2) is 0 Å². The molecule has 13 rings (SSSR count). The Balaban J connectivity index is 0.00000225. The molecule has 0 radical (unpaired) electrons. The standard InChI is InChI=1S/C56H40N8.O.V/c1-5-33-37-21-13-9-17-29(37)25-41-45(33)53-57-49(41)62-54-47-35(7-3)39-23-15-11-19-31(39)27-43(47)51(59-54)64-56-48-36(8-4)40-24-16-12-20-32(40)28-44(48)52(60-56)63-55-46-34(6-2)38-22-14-10-18-30(38)26-42(46)50(58-55)61-53;;/h9-28H,5-8H2,1-4H3;;/q-2;;+2. The number of hydrogen-bond acceptors (Lipinski definition) is 7. The summed E-state index contributed by atoms with van der Waals surface area (Å²) < 4.78 is 8.19. The molecule has 0 N–H and O–H groups in total. The number of nitrogens with zero attached hydrogens (tertiary/aromatic N) is 8. The van der Waals surface area contributed by atoms with Gasteiger partial charge < -0.3 is 29.9 Å². The first-order valence-electron chi connectivity index (χ1n) is 22.6. The molecule has 11 aromatic rings. The molecule has 8 bridgehead atoms. The Morgan fingerprint density at radius 1 is 0.364 bits per heavy atom. The molecule has 0 atom stereocenters. The van der Waals surface area contributed by atoms with Gasteiger partial charge in [-0.05, 0) is 137 Å². The fourth-order valence-electron chi connectivity index (χ4n) is 10.8. The minimum atomic E-state index is 0.571. The summed E-state index contributed by atoms with van der Waals surface area (Å²) in [6.07, 6.45) is 3.13. The van der Waals surface area contributed by atoms with Crippen molar-refractivity contribution in [2.75, 3.05) is 0 Å². The number of fused-ring (bicyclic) bond motifs is 24. The second-order valence-electron chi connectivity index (χ2n) is 16.9. The van der Waals surface area contributed by atoms with E-state index in [2.05, 4.69) is 149 Å². The summed E-state index contributed by atoms with van der Waals surface area (Å²) in [4.78, 5) is 43.5. The fraction of sp³-hybridized carbons (Fsp3) is 0.143. The van der Waals surface area contributed by atoms with Crippen LogP contribution < -0.4 is 9.97 Å². The van der Waals surface area contributed by atoms with Crippen molar-refractivity contribution in [3.63, 3.8) is 0 Å². The van der Waals surface area contributed by atoms with Crippen molar-refractivity contribution >= 4 is 87.2 Å². The monoisotopic (exact) mass is 891 g/mol. The fourth-order valence-corrected chi connectivity index (χ4v) is 10.8. The SMILES string of the molecule is CCc1c2c(cc3ccccc13)-c1nc-2nc2[n-]c(nc3nc(nc4[n-]c(n1)c1c(CC)c5ccccc5cc41)-c1c-3cc3ccccc3c1CC)c1c(CC)c3ccccc3cc21.[O]=[V+2]. The van der Waals surface area contributed by atoms with Gasteiger partial charge in [0.1, 0.15) is 0 Å². The van der Waals surface area contributed by atoms with E-state index in [1.165, 1.54) is 43.8 Å². The molecule has 315 valence electrons. The van der Waals surface area contributed by atoms with E-state index in [1.54, 1.807) is 0 Å². The maximum atomic E-state index is 8.19. The number of hydrogen-bond donors (Lipinski definition) is 0. The summed E-state index contributed by atoms with van der Waals surface area (Å²) in [5, 5.41) is 13.0. The van der Waals surface area contributed by atoms with E-state index < -0.39 is 0 Å². The van der Waals surface area contributed by atoms with Crippen molar-refractivity contribution in [3.8, 4) is 45.6 Å². The zero-order valence-electron chi connectivity index (χ0n) is 36.8. The molecule has 0 amide bonds. The Labute approximate surface area is 388 Å². The van der Waals surface area contributed by atoms with Crippen molar-refractivity contribution in [3.05, 3.63) is 144 Å². The van der Waals surface area contributed by atoms with Crippen LogP contribution in [0.3, 0.4) is 0 Å². The normalized spacial score (nSPS) is 12.0.